The topological polar surface area (TPSA) is 78.8 Å². The first-order chi connectivity index (χ1) is 12.2. The molecule has 130 valence electrons. The zero-order valence-electron chi connectivity index (χ0n) is 14.6. The van der Waals surface area contributed by atoms with Crippen molar-refractivity contribution in [2.24, 2.45) is 4.99 Å². The van der Waals surface area contributed by atoms with Gasteiger partial charge in [-0.15, -0.1) is 0 Å². The molecule has 0 bridgehead atoms. The molecule has 3 aromatic rings. The second-order valence-corrected chi connectivity index (χ2v) is 5.99. The lowest BCUT2D eigenvalue weighted by Gasteiger charge is -2.01. The third-order valence-corrected chi connectivity index (χ3v) is 4.13. The van der Waals surface area contributed by atoms with Gasteiger partial charge in [-0.1, -0.05) is 31.5 Å². The number of para-hydroxylation sites is 1. The number of aryl methyl sites for hydroxylation is 1. The number of benzene rings is 1. The Kier molecular flexibility index (Phi) is 5.28. The second kappa shape index (κ2) is 7.79. The number of imidazole rings is 1. The molecule has 0 saturated heterocycles. The van der Waals surface area contributed by atoms with E-state index in [2.05, 4.69) is 27.0 Å². The summed E-state index contributed by atoms with van der Waals surface area (Å²) in [4.78, 5) is 24.6. The maximum Gasteiger partial charge on any atom is 0.280 e. The Hall–Kier alpha value is -2.89. The Balaban J connectivity index is 1.91. The largest absolute Gasteiger partial charge is 0.348 e. The maximum atomic E-state index is 12.9. The van der Waals surface area contributed by atoms with Crippen molar-refractivity contribution in [3.8, 4) is 5.69 Å². The highest BCUT2D eigenvalue weighted by atomic mass is 16.1. The number of rotatable bonds is 7. The predicted molar refractivity (Wildman–Crippen MR) is 99.8 cm³/mol. The van der Waals surface area contributed by atoms with Crippen LogP contribution in [0.2, 0.25) is 0 Å². The molecule has 0 fully saturated rings. The Morgan fingerprint density at radius 3 is 2.72 bits per heavy atom. The first kappa shape index (κ1) is 17.0. The Bertz CT molecular complexity index is 888. The third-order valence-electron chi connectivity index (χ3n) is 4.13. The minimum Gasteiger partial charge on any atom is -0.348 e. The van der Waals surface area contributed by atoms with Crippen LogP contribution >= 0.6 is 0 Å². The molecule has 0 aliphatic heterocycles. The van der Waals surface area contributed by atoms with Gasteiger partial charge >= 0.3 is 0 Å². The fourth-order valence-electron chi connectivity index (χ4n) is 2.89. The molecule has 0 radical (unpaired) electrons. The van der Waals surface area contributed by atoms with Crippen LogP contribution in [0, 0.1) is 0 Å². The zero-order chi connectivity index (χ0) is 17.6. The van der Waals surface area contributed by atoms with E-state index in [0.717, 1.165) is 42.0 Å². The van der Waals surface area contributed by atoms with Crippen molar-refractivity contribution in [2.45, 2.75) is 33.1 Å². The molecular formula is C19H23N5O. The number of hydrogen-bond donors (Lipinski definition) is 2. The molecule has 2 heterocycles. The summed E-state index contributed by atoms with van der Waals surface area (Å²) in [5, 5.41) is 3.26. The van der Waals surface area contributed by atoms with Crippen LogP contribution in [-0.4, -0.2) is 32.0 Å². The minimum absolute atomic E-state index is 0.0440. The average molecular weight is 337 g/mol. The van der Waals surface area contributed by atoms with Crippen LogP contribution in [0.3, 0.4) is 0 Å². The van der Waals surface area contributed by atoms with Crippen LogP contribution in [0.25, 0.3) is 5.69 Å². The lowest BCUT2D eigenvalue weighted by molar-refractivity contribution is 0.793. The van der Waals surface area contributed by atoms with E-state index in [4.69, 9.17) is 0 Å². The fourth-order valence-corrected chi connectivity index (χ4v) is 2.89. The van der Waals surface area contributed by atoms with E-state index in [1.807, 2.05) is 37.3 Å². The van der Waals surface area contributed by atoms with Crippen molar-refractivity contribution in [3.05, 3.63) is 70.2 Å². The molecule has 1 aromatic carbocycles. The van der Waals surface area contributed by atoms with Gasteiger partial charge in [0.2, 0.25) is 0 Å². The van der Waals surface area contributed by atoms with Crippen molar-refractivity contribution in [3.63, 3.8) is 0 Å². The molecule has 0 unspecified atom stereocenters. The van der Waals surface area contributed by atoms with Gasteiger partial charge in [0, 0.05) is 36.3 Å². The molecule has 0 saturated carbocycles. The molecule has 2 aromatic heterocycles. The van der Waals surface area contributed by atoms with Gasteiger partial charge in [-0.25, -0.2) is 9.67 Å². The number of aromatic amines is 2. The van der Waals surface area contributed by atoms with Crippen LogP contribution in [0.5, 0.6) is 0 Å². The van der Waals surface area contributed by atoms with Crippen molar-refractivity contribution < 1.29 is 0 Å². The number of nitrogens with one attached hydrogen (secondary N) is 2. The fraction of sp³-hybridized carbons (Fsp3) is 0.316. The highest BCUT2D eigenvalue weighted by Crippen LogP contribution is 2.11. The van der Waals surface area contributed by atoms with Crippen molar-refractivity contribution in [2.75, 3.05) is 6.54 Å². The van der Waals surface area contributed by atoms with Gasteiger partial charge in [-0.2, -0.15) is 0 Å². The van der Waals surface area contributed by atoms with Gasteiger partial charge < -0.3 is 4.98 Å². The van der Waals surface area contributed by atoms with Crippen LogP contribution < -0.4 is 5.56 Å². The lowest BCUT2D eigenvalue weighted by atomic mass is 10.1. The van der Waals surface area contributed by atoms with E-state index in [9.17, 15) is 4.79 Å². The minimum atomic E-state index is -0.0440. The zero-order valence-corrected chi connectivity index (χ0v) is 14.6. The van der Waals surface area contributed by atoms with Crippen molar-refractivity contribution >= 4 is 5.71 Å². The molecule has 6 nitrogen and oxygen atoms in total. The van der Waals surface area contributed by atoms with Crippen molar-refractivity contribution in [1.82, 2.24) is 19.7 Å². The highest BCUT2D eigenvalue weighted by Gasteiger charge is 2.17. The Morgan fingerprint density at radius 1 is 1.24 bits per heavy atom. The van der Waals surface area contributed by atoms with Gasteiger partial charge in [-0.3, -0.25) is 14.9 Å². The first-order valence-corrected chi connectivity index (χ1v) is 8.58. The molecule has 0 aliphatic rings. The average Bonchev–Trinajstić information content (AvgIpc) is 3.24. The molecule has 3 rings (SSSR count). The smallest absolute Gasteiger partial charge is 0.280 e. The molecule has 6 heteroatoms. The van der Waals surface area contributed by atoms with Gasteiger partial charge in [0.15, 0.2) is 0 Å². The van der Waals surface area contributed by atoms with E-state index < -0.39 is 0 Å². The number of hydrogen-bond acceptors (Lipinski definition) is 3. The monoisotopic (exact) mass is 337 g/mol. The SMILES string of the molecule is CCCc1[nH]n(-c2ccccc2)c(=O)c1C(C)=NCCc1cnc[nH]1. The summed E-state index contributed by atoms with van der Waals surface area (Å²) in [6.07, 6.45) is 6.01. The van der Waals surface area contributed by atoms with Crippen LogP contribution in [-0.2, 0) is 12.8 Å². The predicted octanol–water partition coefficient (Wildman–Crippen LogP) is 2.89. The molecule has 2 N–H and O–H groups in total. The number of aliphatic imine (C=N–C) groups is 1. The highest BCUT2D eigenvalue weighted by molar-refractivity contribution is 5.99. The summed E-state index contributed by atoms with van der Waals surface area (Å²) in [5.41, 5.74) is 4.24. The maximum absolute atomic E-state index is 12.9. The van der Waals surface area contributed by atoms with E-state index >= 15 is 0 Å². The van der Waals surface area contributed by atoms with Gasteiger partial charge in [0.1, 0.15) is 0 Å². The summed E-state index contributed by atoms with van der Waals surface area (Å²) in [6, 6.07) is 9.62. The molecule has 0 aliphatic carbocycles. The lowest BCUT2D eigenvalue weighted by Crippen LogP contribution is -2.20. The molecular weight excluding hydrogens is 314 g/mol. The summed E-state index contributed by atoms with van der Waals surface area (Å²) in [6.45, 7) is 4.63. The summed E-state index contributed by atoms with van der Waals surface area (Å²) in [5.74, 6) is 0. The van der Waals surface area contributed by atoms with Crippen LogP contribution in [0.15, 0.2) is 52.6 Å². The quantitative estimate of drug-likeness (QED) is 0.650. The molecule has 0 spiro atoms. The number of H-pyrrole nitrogens is 2. The summed E-state index contributed by atoms with van der Waals surface area (Å²) in [7, 11) is 0. The molecule has 25 heavy (non-hydrogen) atoms. The first-order valence-electron chi connectivity index (χ1n) is 8.58. The summed E-state index contributed by atoms with van der Waals surface area (Å²) >= 11 is 0. The van der Waals surface area contributed by atoms with E-state index in [-0.39, 0.29) is 5.56 Å². The second-order valence-electron chi connectivity index (χ2n) is 5.99. The van der Waals surface area contributed by atoms with E-state index in [0.29, 0.717) is 12.1 Å². The van der Waals surface area contributed by atoms with Crippen molar-refractivity contribution in [1.29, 1.82) is 0 Å². The van der Waals surface area contributed by atoms with E-state index in [1.165, 1.54) is 0 Å². The van der Waals surface area contributed by atoms with Gasteiger partial charge in [-0.05, 0) is 25.5 Å². The van der Waals surface area contributed by atoms with Gasteiger partial charge in [0.05, 0.1) is 17.6 Å². The number of aromatic nitrogens is 4. The summed E-state index contributed by atoms with van der Waals surface area (Å²) < 4.78 is 1.61. The Labute approximate surface area is 146 Å². The normalized spacial score (nSPS) is 11.8. The standard InChI is InChI=1S/C19H23N5O/c1-3-7-17-18(14(2)21-11-10-15-12-20-13-22-15)19(25)24(23-17)16-8-5-4-6-9-16/h4-6,8-9,12-13,23H,3,7,10-11H2,1-2H3,(H,20,22). The van der Waals surface area contributed by atoms with Gasteiger partial charge in [0.25, 0.3) is 5.56 Å². The number of nitrogens with zero attached hydrogens (tertiary/aromatic N) is 3. The molecule has 0 amide bonds. The Morgan fingerprint density at radius 2 is 2.04 bits per heavy atom. The van der Waals surface area contributed by atoms with Crippen LogP contribution in [0.4, 0.5) is 0 Å². The molecule has 0 atom stereocenters. The third kappa shape index (κ3) is 3.79. The van der Waals surface area contributed by atoms with E-state index in [1.54, 1.807) is 17.2 Å². The van der Waals surface area contributed by atoms with Crippen LogP contribution in [0.1, 0.15) is 37.2 Å².